The number of carbonyl (C=O) groups is 1. The zero-order valence-electron chi connectivity index (χ0n) is 15.9. The van der Waals surface area contributed by atoms with Crippen LogP contribution < -0.4 is 4.74 Å². The molecule has 0 saturated carbocycles. The Morgan fingerprint density at radius 1 is 1.07 bits per heavy atom. The van der Waals surface area contributed by atoms with Crippen molar-refractivity contribution < 1.29 is 17.9 Å². The Hall–Kier alpha value is -2.09. The average molecular weight is 423 g/mol. The number of rotatable bonds is 5. The van der Waals surface area contributed by atoms with Crippen LogP contribution in [-0.4, -0.2) is 56.3 Å². The summed E-state index contributed by atoms with van der Waals surface area (Å²) in [7, 11) is -3.57. The average Bonchev–Trinajstić information content (AvgIpc) is 2.66. The highest BCUT2D eigenvalue weighted by atomic mass is 35.5. The van der Waals surface area contributed by atoms with Crippen LogP contribution in [0, 0.1) is 13.8 Å². The Bertz CT molecular complexity index is 970. The third-order valence-electron chi connectivity index (χ3n) is 4.70. The Kier molecular flexibility index (Phi) is 6.27. The van der Waals surface area contributed by atoms with Crippen LogP contribution >= 0.6 is 11.6 Å². The molecule has 2 aromatic carbocycles. The van der Waals surface area contributed by atoms with Crippen LogP contribution in [0.4, 0.5) is 0 Å². The maximum absolute atomic E-state index is 12.9. The molecule has 0 aliphatic carbocycles. The molecule has 0 atom stereocenters. The second-order valence-electron chi connectivity index (χ2n) is 6.80. The van der Waals surface area contributed by atoms with E-state index in [9.17, 15) is 13.2 Å². The molecule has 2 aromatic rings. The van der Waals surface area contributed by atoms with E-state index in [1.54, 1.807) is 48.2 Å². The Balaban J connectivity index is 1.58. The highest BCUT2D eigenvalue weighted by Crippen LogP contribution is 2.22. The van der Waals surface area contributed by atoms with Crippen molar-refractivity contribution in [3.63, 3.8) is 0 Å². The van der Waals surface area contributed by atoms with Crippen molar-refractivity contribution in [3.05, 3.63) is 58.6 Å². The monoisotopic (exact) mass is 422 g/mol. The van der Waals surface area contributed by atoms with Gasteiger partial charge in [0.05, 0.1) is 4.90 Å². The van der Waals surface area contributed by atoms with Crippen LogP contribution in [0.2, 0.25) is 5.02 Å². The first kappa shape index (κ1) is 20.6. The third-order valence-corrected chi connectivity index (χ3v) is 6.99. The Labute approximate surface area is 170 Å². The number of carbonyl (C=O) groups excluding carboxylic acids is 1. The van der Waals surface area contributed by atoms with E-state index >= 15 is 0 Å². The smallest absolute Gasteiger partial charge is 0.260 e. The molecule has 1 aliphatic heterocycles. The van der Waals surface area contributed by atoms with Crippen molar-refractivity contribution in [2.75, 3.05) is 32.8 Å². The van der Waals surface area contributed by atoms with Gasteiger partial charge in [-0.15, -0.1) is 0 Å². The summed E-state index contributed by atoms with van der Waals surface area (Å²) in [5.41, 5.74) is 1.75. The standard InChI is InChI=1S/C20H23ClN2O4S/c1-15-6-7-19(16(2)12-15)28(25,26)23-10-8-22(9-11-23)20(24)14-27-18-5-3-4-17(21)13-18/h3-7,12-13H,8-11,14H2,1-2H3. The quantitative estimate of drug-likeness (QED) is 0.743. The minimum absolute atomic E-state index is 0.107. The fourth-order valence-electron chi connectivity index (χ4n) is 3.20. The van der Waals surface area contributed by atoms with Gasteiger partial charge in [0.25, 0.3) is 5.91 Å². The Morgan fingerprint density at radius 3 is 2.43 bits per heavy atom. The largest absolute Gasteiger partial charge is 0.484 e. The molecule has 0 bridgehead atoms. The molecule has 0 spiro atoms. The van der Waals surface area contributed by atoms with Gasteiger partial charge in [-0.05, 0) is 43.7 Å². The lowest BCUT2D eigenvalue weighted by Crippen LogP contribution is -2.51. The molecule has 1 heterocycles. The molecule has 6 nitrogen and oxygen atoms in total. The van der Waals surface area contributed by atoms with E-state index < -0.39 is 10.0 Å². The van der Waals surface area contributed by atoms with Gasteiger partial charge >= 0.3 is 0 Å². The van der Waals surface area contributed by atoms with E-state index in [2.05, 4.69) is 0 Å². The molecule has 0 N–H and O–H groups in total. The molecule has 0 radical (unpaired) electrons. The van der Waals surface area contributed by atoms with Gasteiger partial charge in [0, 0.05) is 31.2 Å². The number of nitrogens with zero attached hydrogens (tertiary/aromatic N) is 2. The van der Waals surface area contributed by atoms with Gasteiger partial charge in [0.1, 0.15) is 5.75 Å². The van der Waals surface area contributed by atoms with Gasteiger partial charge in [-0.2, -0.15) is 4.31 Å². The van der Waals surface area contributed by atoms with Crippen LogP contribution in [0.15, 0.2) is 47.4 Å². The summed E-state index contributed by atoms with van der Waals surface area (Å²) >= 11 is 5.90. The molecule has 0 aromatic heterocycles. The summed E-state index contributed by atoms with van der Waals surface area (Å²) in [4.78, 5) is 14.3. The molecular formula is C20H23ClN2O4S. The summed E-state index contributed by atoms with van der Waals surface area (Å²) in [5.74, 6) is 0.348. The van der Waals surface area contributed by atoms with E-state index in [0.29, 0.717) is 28.8 Å². The number of ether oxygens (including phenoxy) is 1. The molecule has 1 amide bonds. The fraction of sp³-hybridized carbons (Fsp3) is 0.350. The van der Waals surface area contributed by atoms with Gasteiger partial charge in [-0.3, -0.25) is 4.79 Å². The number of benzene rings is 2. The minimum atomic E-state index is -3.57. The molecule has 0 unspecified atom stereocenters. The number of sulfonamides is 1. The number of hydrogen-bond donors (Lipinski definition) is 0. The first-order valence-corrected chi connectivity index (χ1v) is 10.8. The summed E-state index contributed by atoms with van der Waals surface area (Å²) in [6, 6.07) is 12.2. The zero-order chi connectivity index (χ0) is 20.3. The fourth-order valence-corrected chi connectivity index (χ4v) is 5.01. The van der Waals surface area contributed by atoms with Crippen molar-refractivity contribution >= 4 is 27.5 Å². The van der Waals surface area contributed by atoms with Crippen molar-refractivity contribution in [2.45, 2.75) is 18.7 Å². The van der Waals surface area contributed by atoms with Crippen molar-refractivity contribution in [1.82, 2.24) is 9.21 Å². The second-order valence-corrected chi connectivity index (χ2v) is 9.14. The number of piperazine rings is 1. The molecular weight excluding hydrogens is 400 g/mol. The topological polar surface area (TPSA) is 66.9 Å². The maximum atomic E-state index is 12.9. The third kappa shape index (κ3) is 4.66. The van der Waals surface area contributed by atoms with E-state index in [0.717, 1.165) is 11.1 Å². The van der Waals surface area contributed by atoms with Gasteiger partial charge < -0.3 is 9.64 Å². The van der Waals surface area contributed by atoms with E-state index in [4.69, 9.17) is 16.3 Å². The lowest BCUT2D eigenvalue weighted by Gasteiger charge is -2.34. The molecule has 3 rings (SSSR count). The summed E-state index contributed by atoms with van der Waals surface area (Å²) in [6.45, 7) is 4.82. The number of hydrogen-bond acceptors (Lipinski definition) is 4. The van der Waals surface area contributed by atoms with Crippen molar-refractivity contribution in [3.8, 4) is 5.75 Å². The number of halogens is 1. The highest BCUT2D eigenvalue weighted by molar-refractivity contribution is 7.89. The molecule has 1 saturated heterocycles. The predicted octanol–water partition coefficient (Wildman–Crippen LogP) is 2.87. The number of amides is 1. The highest BCUT2D eigenvalue weighted by Gasteiger charge is 2.31. The minimum Gasteiger partial charge on any atom is -0.484 e. The van der Waals surface area contributed by atoms with Crippen LogP contribution in [0.25, 0.3) is 0 Å². The molecule has 8 heteroatoms. The van der Waals surface area contributed by atoms with E-state index in [1.165, 1.54) is 4.31 Å². The van der Waals surface area contributed by atoms with Crippen LogP contribution in [0.1, 0.15) is 11.1 Å². The van der Waals surface area contributed by atoms with Crippen LogP contribution in [0.5, 0.6) is 5.75 Å². The van der Waals surface area contributed by atoms with Crippen LogP contribution in [0.3, 0.4) is 0 Å². The SMILES string of the molecule is Cc1ccc(S(=O)(=O)N2CCN(C(=O)COc3cccc(Cl)c3)CC2)c(C)c1. The number of aryl methyl sites for hydroxylation is 2. The Morgan fingerprint density at radius 2 is 1.79 bits per heavy atom. The van der Waals surface area contributed by atoms with Crippen molar-refractivity contribution in [2.24, 2.45) is 0 Å². The molecule has 150 valence electrons. The van der Waals surface area contributed by atoms with Gasteiger partial charge in [0.15, 0.2) is 6.61 Å². The second kappa shape index (κ2) is 8.51. The normalized spacial score (nSPS) is 15.5. The van der Waals surface area contributed by atoms with Gasteiger partial charge in [-0.1, -0.05) is 35.4 Å². The molecule has 28 heavy (non-hydrogen) atoms. The van der Waals surface area contributed by atoms with Gasteiger partial charge in [0.2, 0.25) is 10.0 Å². The predicted molar refractivity (Wildman–Crippen MR) is 108 cm³/mol. The summed E-state index contributed by atoms with van der Waals surface area (Å²) in [6.07, 6.45) is 0. The summed E-state index contributed by atoms with van der Waals surface area (Å²) in [5, 5.41) is 0.537. The van der Waals surface area contributed by atoms with Gasteiger partial charge in [-0.25, -0.2) is 8.42 Å². The van der Waals surface area contributed by atoms with Crippen LogP contribution in [-0.2, 0) is 14.8 Å². The summed E-state index contributed by atoms with van der Waals surface area (Å²) < 4.78 is 32.8. The maximum Gasteiger partial charge on any atom is 0.260 e. The molecule has 1 aliphatic rings. The van der Waals surface area contributed by atoms with E-state index in [1.807, 2.05) is 13.0 Å². The lowest BCUT2D eigenvalue weighted by molar-refractivity contribution is -0.134. The first-order chi connectivity index (χ1) is 13.3. The zero-order valence-corrected chi connectivity index (χ0v) is 17.5. The first-order valence-electron chi connectivity index (χ1n) is 9.01. The van der Waals surface area contributed by atoms with E-state index in [-0.39, 0.29) is 25.6 Å². The molecule has 1 fully saturated rings. The lowest BCUT2D eigenvalue weighted by atomic mass is 10.2. The van der Waals surface area contributed by atoms with Crippen molar-refractivity contribution in [1.29, 1.82) is 0 Å².